The van der Waals surface area contributed by atoms with Crippen molar-refractivity contribution in [3.05, 3.63) is 83.4 Å². The van der Waals surface area contributed by atoms with E-state index in [-0.39, 0.29) is 20.7 Å². The fourth-order valence-electron chi connectivity index (χ4n) is 2.36. The standard InChI is InChI=1S/C19H14ClF2N3O2S2/c20-15-10-7-13(11-16(15)22)23-19(28)24-17-3-1-2-4-18(17)25-29(26,27)14-8-5-12(21)6-9-14/h1-11,25H,(H2,23,24,28). The summed E-state index contributed by atoms with van der Waals surface area (Å²) in [5.74, 6) is -1.15. The number of hydrogen-bond acceptors (Lipinski definition) is 3. The van der Waals surface area contributed by atoms with Crippen LogP contribution in [0.5, 0.6) is 0 Å². The lowest BCUT2D eigenvalue weighted by Gasteiger charge is -2.16. The van der Waals surface area contributed by atoms with Crippen LogP contribution in [0.1, 0.15) is 0 Å². The number of rotatable bonds is 5. The third-order valence-corrected chi connectivity index (χ3v) is 5.61. The number of nitrogens with one attached hydrogen (secondary N) is 3. The Bertz CT molecular complexity index is 1160. The first-order valence-corrected chi connectivity index (χ1v) is 10.4. The largest absolute Gasteiger partial charge is 0.332 e. The predicted molar refractivity (Wildman–Crippen MR) is 115 cm³/mol. The lowest BCUT2D eigenvalue weighted by Crippen LogP contribution is -2.21. The highest BCUT2D eigenvalue weighted by atomic mass is 35.5. The Kier molecular flexibility index (Phi) is 6.31. The van der Waals surface area contributed by atoms with Gasteiger partial charge in [0.2, 0.25) is 0 Å². The van der Waals surface area contributed by atoms with Crippen LogP contribution in [0.4, 0.5) is 25.8 Å². The van der Waals surface area contributed by atoms with Gasteiger partial charge in [-0.3, -0.25) is 4.72 Å². The molecule has 0 aliphatic carbocycles. The number of hydrogen-bond donors (Lipinski definition) is 3. The monoisotopic (exact) mass is 453 g/mol. The molecule has 0 fully saturated rings. The summed E-state index contributed by atoms with van der Waals surface area (Å²) in [6.45, 7) is 0. The van der Waals surface area contributed by atoms with Gasteiger partial charge in [-0.1, -0.05) is 23.7 Å². The molecule has 3 rings (SSSR count). The quantitative estimate of drug-likeness (QED) is 0.461. The average Bonchev–Trinajstić information content (AvgIpc) is 2.66. The molecule has 0 saturated heterocycles. The van der Waals surface area contributed by atoms with Crippen molar-refractivity contribution < 1.29 is 17.2 Å². The molecule has 10 heteroatoms. The Labute approximate surface area is 176 Å². The molecule has 0 aliphatic heterocycles. The molecule has 150 valence electrons. The maximum absolute atomic E-state index is 13.6. The zero-order chi connectivity index (χ0) is 21.0. The highest BCUT2D eigenvalue weighted by Crippen LogP contribution is 2.25. The van der Waals surface area contributed by atoms with E-state index in [1.54, 1.807) is 24.3 Å². The minimum absolute atomic E-state index is 0.0185. The van der Waals surface area contributed by atoms with Gasteiger partial charge in [-0.15, -0.1) is 0 Å². The highest BCUT2D eigenvalue weighted by Gasteiger charge is 2.16. The predicted octanol–water partition coefficient (Wildman–Crippen LogP) is 5.23. The van der Waals surface area contributed by atoms with E-state index < -0.39 is 21.7 Å². The van der Waals surface area contributed by atoms with Crippen LogP contribution in [0.25, 0.3) is 0 Å². The topological polar surface area (TPSA) is 70.2 Å². The van der Waals surface area contributed by atoms with Gasteiger partial charge in [0, 0.05) is 5.69 Å². The van der Waals surface area contributed by atoms with Crippen molar-refractivity contribution in [2.24, 2.45) is 0 Å². The van der Waals surface area contributed by atoms with Crippen LogP contribution in [0.3, 0.4) is 0 Å². The summed E-state index contributed by atoms with van der Waals surface area (Å²) in [6.07, 6.45) is 0. The zero-order valence-electron chi connectivity index (χ0n) is 14.6. The number of sulfonamides is 1. The first-order chi connectivity index (χ1) is 13.7. The Hall–Kier alpha value is -2.75. The maximum Gasteiger partial charge on any atom is 0.261 e. The Balaban J connectivity index is 1.77. The van der Waals surface area contributed by atoms with Crippen molar-refractivity contribution >= 4 is 56.0 Å². The summed E-state index contributed by atoms with van der Waals surface area (Å²) in [5.41, 5.74) is 0.960. The van der Waals surface area contributed by atoms with E-state index >= 15 is 0 Å². The second kappa shape index (κ2) is 8.73. The normalized spacial score (nSPS) is 11.0. The van der Waals surface area contributed by atoms with Crippen LogP contribution in [0, 0.1) is 11.6 Å². The van der Waals surface area contributed by atoms with Crippen LogP contribution >= 0.6 is 23.8 Å². The number of benzene rings is 3. The molecule has 3 aromatic carbocycles. The number of thiocarbonyl (C=S) groups is 1. The van der Waals surface area contributed by atoms with Crippen molar-refractivity contribution in [3.8, 4) is 0 Å². The van der Waals surface area contributed by atoms with E-state index in [0.717, 1.165) is 24.3 Å². The average molecular weight is 454 g/mol. The van der Waals surface area contributed by atoms with Crippen molar-refractivity contribution in [2.75, 3.05) is 15.4 Å². The molecule has 0 bridgehead atoms. The van der Waals surface area contributed by atoms with Crippen LogP contribution in [-0.2, 0) is 10.0 Å². The fourth-order valence-corrected chi connectivity index (χ4v) is 3.78. The van der Waals surface area contributed by atoms with Gasteiger partial charge in [0.05, 0.1) is 21.3 Å². The SMILES string of the molecule is O=S(=O)(Nc1ccccc1NC(=S)Nc1ccc(Cl)c(F)c1)c1ccc(F)cc1. The molecule has 0 amide bonds. The summed E-state index contributed by atoms with van der Waals surface area (Å²) in [6, 6.07) is 15.0. The summed E-state index contributed by atoms with van der Waals surface area (Å²) < 4.78 is 54.1. The summed E-state index contributed by atoms with van der Waals surface area (Å²) >= 11 is 10.9. The molecular formula is C19H14ClF2N3O2S2. The lowest BCUT2D eigenvalue weighted by molar-refractivity contribution is 0.599. The van der Waals surface area contributed by atoms with Crippen molar-refractivity contribution in [1.29, 1.82) is 0 Å². The lowest BCUT2D eigenvalue weighted by atomic mass is 10.3. The second-order valence-electron chi connectivity index (χ2n) is 5.81. The number of para-hydroxylation sites is 2. The Morgan fingerprint density at radius 3 is 2.21 bits per heavy atom. The third-order valence-electron chi connectivity index (χ3n) is 3.72. The van der Waals surface area contributed by atoms with E-state index in [1.165, 1.54) is 18.2 Å². The van der Waals surface area contributed by atoms with Crippen molar-refractivity contribution in [2.45, 2.75) is 4.90 Å². The maximum atomic E-state index is 13.6. The molecule has 0 aliphatic rings. The first-order valence-electron chi connectivity index (χ1n) is 8.15. The van der Waals surface area contributed by atoms with Gasteiger partial charge in [-0.25, -0.2) is 17.2 Å². The molecule has 0 heterocycles. The minimum atomic E-state index is -3.94. The molecule has 0 radical (unpaired) electrons. The van der Waals surface area contributed by atoms with E-state index in [4.69, 9.17) is 23.8 Å². The first kappa shape index (κ1) is 21.0. The molecule has 3 N–H and O–H groups in total. The second-order valence-corrected chi connectivity index (χ2v) is 8.31. The van der Waals surface area contributed by atoms with Gasteiger partial charge < -0.3 is 10.6 Å². The summed E-state index contributed by atoms with van der Waals surface area (Å²) in [5, 5.41) is 5.74. The van der Waals surface area contributed by atoms with Gasteiger partial charge in [0.15, 0.2) is 5.11 Å². The summed E-state index contributed by atoms with van der Waals surface area (Å²) in [7, 11) is -3.94. The van der Waals surface area contributed by atoms with Crippen LogP contribution in [0.2, 0.25) is 5.02 Å². The highest BCUT2D eigenvalue weighted by molar-refractivity contribution is 7.92. The molecule has 29 heavy (non-hydrogen) atoms. The molecule has 0 saturated carbocycles. The van der Waals surface area contributed by atoms with E-state index in [2.05, 4.69) is 15.4 Å². The van der Waals surface area contributed by atoms with Crippen LogP contribution < -0.4 is 15.4 Å². The van der Waals surface area contributed by atoms with Crippen LogP contribution in [-0.4, -0.2) is 13.5 Å². The van der Waals surface area contributed by atoms with Crippen molar-refractivity contribution in [1.82, 2.24) is 0 Å². The van der Waals surface area contributed by atoms with Gasteiger partial charge in [-0.2, -0.15) is 0 Å². The molecule has 3 aromatic rings. The molecular weight excluding hydrogens is 440 g/mol. The number of anilines is 3. The smallest absolute Gasteiger partial charge is 0.261 e. The van der Waals surface area contributed by atoms with E-state index in [0.29, 0.717) is 11.4 Å². The van der Waals surface area contributed by atoms with Gasteiger partial charge in [-0.05, 0) is 66.8 Å². The van der Waals surface area contributed by atoms with E-state index in [1.807, 2.05) is 0 Å². The van der Waals surface area contributed by atoms with Gasteiger partial charge in [0.25, 0.3) is 10.0 Å². The van der Waals surface area contributed by atoms with Gasteiger partial charge in [0.1, 0.15) is 11.6 Å². The van der Waals surface area contributed by atoms with Gasteiger partial charge >= 0.3 is 0 Å². The minimum Gasteiger partial charge on any atom is -0.332 e. The Morgan fingerprint density at radius 2 is 1.55 bits per heavy atom. The summed E-state index contributed by atoms with van der Waals surface area (Å²) in [4.78, 5) is -0.0916. The zero-order valence-corrected chi connectivity index (χ0v) is 17.0. The van der Waals surface area contributed by atoms with Crippen LogP contribution in [0.15, 0.2) is 71.6 Å². The number of halogens is 3. The van der Waals surface area contributed by atoms with E-state index in [9.17, 15) is 17.2 Å². The molecule has 0 spiro atoms. The molecule has 0 atom stereocenters. The molecule has 5 nitrogen and oxygen atoms in total. The third kappa shape index (κ3) is 5.41. The molecule has 0 unspecified atom stereocenters. The molecule has 0 aromatic heterocycles. The van der Waals surface area contributed by atoms with Crippen molar-refractivity contribution in [3.63, 3.8) is 0 Å². The fraction of sp³-hybridized carbons (Fsp3) is 0. The Morgan fingerprint density at radius 1 is 0.897 bits per heavy atom.